The first-order valence-electron chi connectivity index (χ1n) is 6.02. The quantitative estimate of drug-likeness (QED) is 0.786. The van der Waals surface area contributed by atoms with Crippen LogP contribution in [0.4, 0.5) is 0 Å². The molecule has 0 saturated carbocycles. The van der Waals surface area contributed by atoms with Crippen molar-refractivity contribution in [3.63, 3.8) is 0 Å². The van der Waals surface area contributed by atoms with Gasteiger partial charge in [0, 0.05) is 19.1 Å². The first-order chi connectivity index (χ1) is 7.33. The first-order valence-corrected chi connectivity index (χ1v) is 7.74. The second kappa shape index (κ2) is 5.47. The van der Waals surface area contributed by atoms with Crippen molar-refractivity contribution in [2.75, 3.05) is 25.4 Å². The Balaban J connectivity index is 2.40. The van der Waals surface area contributed by atoms with Gasteiger partial charge >= 0.3 is 0 Å². The molecule has 1 heterocycles. The second-order valence-electron chi connectivity index (χ2n) is 5.15. The topological polar surface area (TPSA) is 63.4 Å². The zero-order valence-electron chi connectivity index (χ0n) is 10.5. The number of sulfone groups is 1. The number of hydrogen-bond donors (Lipinski definition) is 1. The van der Waals surface area contributed by atoms with Gasteiger partial charge in [-0.25, -0.2) is 8.42 Å². The minimum atomic E-state index is -2.90. The Bertz CT molecular complexity index is 314. The van der Waals surface area contributed by atoms with Crippen LogP contribution in [0.25, 0.3) is 0 Å². The van der Waals surface area contributed by atoms with Crippen LogP contribution in [0.5, 0.6) is 0 Å². The summed E-state index contributed by atoms with van der Waals surface area (Å²) < 4.78 is 23.3. The zero-order chi connectivity index (χ0) is 12.3. The summed E-state index contributed by atoms with van der Waals surface area (Å²) in [5.74, 6) is 0.739. The number of likely N-dealkylation sites (tertiary alicyclic amines) is 1. The van der Waals surface area contributed by atoms with Gasteiger partial charge in [0.2, 0.25) is 0 Å². The molecular weight excluding hydrogens is 224 g/mol. The highest BCUT2D eigenvalue weighted by molar-refractivity contribution is 7.92. The van der Waals surface area contributed by atoms with Gasteiger partial charge in [-0.3, -0.25) is 0 Å². The molecule has 2 atom stereocenters. The lowest BCUT2D eigenvalue weighted by Gasteiger charge is -2.35. The maximum atomic E-state index is 11.7. The van der Waals surface area contributed by atoms with E-state index in [9.17, 15) is 8.42 Å². The summed E-state index contributed by atoms with van der Waals surface area (Å²) in [6.07, 6.45) is 0.975. The van der Waals surface area contributed by atoms with Crippen molar-refractivity contribution in [1.29, 1.82) is 0 Å². The molecule has 0 spiro atoms. The minimum absolute atomic E-state index is 0.267. The summed E-state index contributed by atoms with van der Waals surface area (Å²) >= 11 is 0. The van der Waals surface area contributed by atoms with Gasteiger partial charge in [-0.1, -0.05) is 6.92 Å². The van der Waals surface area contributed by atoms with Crippen LogP contribution in [0.1, 0.15) is 27.2 Å². The number of hydrogen-bond acceptors (Lipinski definition) is 4. The Labute approximate surface area is 99.1 Å². The van der Waals surface area contributed by atoms with Crippen LogP contribution in [0.3, 0.4) is 0 Å². The van der Waals surface area contributed by atoms with Crippen LogP contribution in [0.2, 0.25) is 0 Å². The van der Waals surface area contributed by atoms with E-state index >= 15 is 0 Å². The first kappa shape index (κ1) is 13.9. The zero-order valence-corrected chi connectivity index (χ0v) is 11.3. The van der Waals surface area contributed by atoms with E-state index in [0.29, 0.717) is 12.5 Å². The fourth-order valence-corrected chi connectivity index (χ4v) is 2.93. The molecule has 1 fully saturated rings. The predicted octanol–water partition coefficient (Wildman–Crippen LogP) is 0.479. The standard InChI is InChI=1S/C11H24N2O2S/c1-9(2)16(14,15)7-6-13-5-4-11(12)10(3)8-13/h9-11H,4-8,12H2,1-3H3. The average Bonchev–Trinajstić information content (AvgIpc) is 2.20. The van der Waals surface area contributed by atoms with E-state index in [1.807, 2.05) is 0 Å². The highest BCUT2D eigenvalue weighted by Gasteiger charge is 2.24. The maximum absolute atomic E-state index is 11.7. The second-order valence-corrected chi connectivity index (χ2v) is 7.82. The molecule has 16 heavy (non-hydrogen) atoms. The Morgan fingerprint density at radius 2 is 2.06 bits per heavy atom. The molecule has 1 rings (SSSR count). The minimum Gasteiger partial charge on any atom is -0.327 e. The molecule has 5 heteroatoms. The largest absolute Gasteiger partial charge is 0.327 e. The summed E-state index contributed by atoms with van der Waals surface area (Å²) in [7, 11) is -2.90. The molecule has 0 aromatic heterocycles. The lowest BCUT2D eigenvalue weighted by Crippen LogP contribution is -2.47. The molecule has 0 amide bonds. The van der Waals surface area contributed by atoms with E-state index in [-0.39, 0.29) is 17.0 Å². The fraction of sp³-hybridized carbons (Fsp3) is 1.00. The molecule has 1 saturated heterocycles. The van der Waals surface area contributed by atoms with Crippen molar-refractivity contribution in [2.24, 2.45) is 11.7 Å². The molecular formula is C11H24N2O2S. The molecule has 1 aliphatic rings. The smallest absolute Gasteiger partial charge is 0.153 e. The molecule has 1 aliphatic heterocycles. The summed E-state index contributed by atoms with van der Waals surface area (Å²) in [4.78, 5) is 2.22. The summed E-state index contributed by atoms with van der Waals surface area (Å²) in [5, 5.41) is -0.267. The number of rotatable bonds is 4. The van der Waals surface area contributed by atoms with Gasteiger partial charge in [-0.2, -0.15) is 0 Å². The van der Waals surface area contributed by atoms with Gasteiger partial charge in [0.15, 0.2) is 9.84 Å². The van der Waals surface area contributed by atoms with Gasteiger partial charge in [0.25, 0.3) is 0 Å². The van der Waals surface area contributed by atoms with E-state index in [2.05, 4.69) is 11.8 Å². The average molecular weight is 248 g/mol. The highest BCUT2D eigenvalue weighted by atomic mass is 32.2. The van der Waals surface area contributed by atoms with E-state index < -0.39 is 9.84 Å². The third-order valence-corrected chi connectivity index (χ3v) is 5.65. The Morgan fingerprint density at radius 1 is 1.44 bits per heavy atom. The summed E-state index contributed by atoms with van der Waals surface area (Å²) in [6.45, 7) is 8.12. The van der Waals surface area contributed by atoms with Crippen LogP contribution in [0.15, 0.2) is 0 Å². The molecule has 0 aliphatic carbocycles. The lowest BCUT2D eigenvalue weighted by molar-refractivity contribution is 0.173. The van der Waals surface area contributed by atoms with Crippen molar-refractivity contribution in [2.45, 2.75) is 38.5 Å². The van der Waals surface area contributed by atoms with E-state index in [0.717, 1.165) is 19.5 Å². The van der Waals surface area contributed by atoms with Gasteiger partial charge in [0.1, 0.15) is 0 Å². The SMILES string of the molecule is CC1CN(CCS(=O)(=O)C(C)C)CCC1N. The molecule has 2 N–H and O–H groups in total. The summed E-state index contributed by atoms with van der Waals surface area (Å²) in [6, 6.07) is 0.276. The Hall–Kier alpha value is -0.130. The van der Waals surface area contributed by atoms with Crippen molar-refractivity contribution in [3.8, 4) is 0 Å². The third-order valence-electron chi connectivity index (χ3n) is 3.47. The predicted molar refractivity (Wildman–Crippen MR) is 67.1 cm³/mol. The van der Waals surface area contributed by atoms with E-state index in [1.165, 1.54) is 0 Å². The lowest BCUT2D eigenvalue weighted by atomic mass is 9.95. The maximum Gasteiger partial charge on any atom is 0.153 e. The fourth-order valence-electron chi connectivity index (χ4n) is 1.95. The number of nitrogens with zero attached hydrogens (tertiary/aromatic N) is 1. The monoisotopic (exact) mass is 248 g/mol. The van der Waals surface area contributed by atoms with E-state index in [1.54, 1.807) is 13.8 Å². The molecule has 96 valence electrons. The van der Waals surface area contributed by atoms with Crippen LogP contribution in [-0.2, 0) is 9.84 Å². The van der Waals surface area contributed by atoms with Crippen LogP contribution in [0, 0.1) is 5.92 Å². The van der Waals surface area contributed by atoms with Gasteiger partial charge in [-0.15, -0.1) is 0 Å². The molecule has 0 radical (unpaired) electrons. The molecule has 0 aromatic carbocycles. The molecule has 0 aromatic rings. The van der Waals surface area contributed by atoms with Crippen molar-refractivity contribution in [3.05, 3.63) is 0 Å². The molecule has 0 bridgehead atoms. The van der Waals surface area contributed by atoms with Crippen molar-refractivity contribution >= 4 is 9.84 Å². The van der Waals surface area contributed by atoms with Crippen LogP contribution >= 0.6 is 0 Å². The van der Waals surface area contributed by atoms with Gasteiger partial charge in [0.05, 0.1) is 11.0 Å². The third kappa shape index (κ3) is 3.71. The Kier molecular flexibility index (Phi) is 4.76. The molecule has 2 unspecified atom stereocenters. The Morgan fingerprint density at radius 3 is 2.56 bits per heavy atom. The normalized spacial score (nSPS) is 28.6. The van der Waals surface area contributed by atoms with E-state index in [4.69, 9.17) is 5.73 Å². The number of nitrogens with two attached hydrogens (primary N) is 1. The van der Waals surface area contributed by atoms with Gasteiger partial charge < -0.3 is 10.6 Å². The van der Waals surface area contributed by atoms with Crippen molar-refractivity contribution in [1.82, 2.24) is 4.90 Å². The number of piperidine rings is 1. The van der Waals surface area contributed by atoms with Crippen LogP contribution < -0.4 is 5.73 Å². The summed E-state index contributed by atoms with van der Waals surface area (Å²) in [5.41, 5.74) is 5.93. The van der Waals surface area contributed by atoms with Gasteiger partial charge in [-0.05, 0) is 32.7 Å². The van der Waals surface area contributed by atoms with Crippen molar-refractivity contribution < 1.29 is 8.42 Å². The molecule has 4 nitrogen and oxygen atoms in total. The van der Waals surface area contributed by atoms with Crippen LogP contribution in [-0.4, -0.2) is 50.0 Å². The highest BCUT2D eigenvalue weighted by Crippen LogP contribution is 2.15.